The van der Waals surface area contributed by atoms with Crippen LogP contribution in [0.4, 0.5) is 0 Å². The van der Waals surface area contributed by atoms with Crippen molar-refractivity contribution in [1.29, 1.82) is 0 Å². The molecule has 2 saturated carbocycles. The Kier molecular flexibility index (Phi) is 3.41. The fourth-order valence-corrected chi connectivity index (χ4v) is 4.28. The van der Waals surface area contributed by atoms with Gasteiger partial charge in [-0.3, -0.25) is 0 Å². The summed E-state index contributed by atoms with van der Waals surface area (Å²) in [5.41, 5.74) is 0.476. The van der Waals surface area contributed by atoms with Crippen LogP contribution in [-0.4, -0.2) is 36.5 Å². The minimum Gasteiger partial charge on any atom is -0.393 e. The molecule has 2 N–H and O–H groups in total. The monoisotopic (exact) mass is 253 g/mol. The molecule has 1 aliphatic heterocycles. The Bertz CT molecular complexity index is 301. The van der Waals surface area contributed by atoms with E-state index in [1.54, 1.807) is 0 Å². The molecule has 1 spiro atoms. The van der Waals surface area contributed by atoms with Crippen molar-refractivity contribution in [2.45, 2.75) is 64.2 Å². The third kappa shape index (κ3) is 1.83. The fraction of sp³-hybridized carbons (Fsp3) is 1.00. The Hall–Kier alpha value is -0.120. The van der Waals surface area contributed by atoms with Gasteiger partial charge in [0.05, 0.1) is 12.2 Å². The lowest BCUT2D eigenvalue weighted by atomic mass is 9.46. The van der Waals surface area contributed by atoms with E-state index in [2.05, 4.69) is 19.2 Å². The number of hydrogen-bond donors (Lipinski definition) is 2. The Morgan fingerprint density at radius 1 is 1.39 bits per heavy atom. The topological polar surface area (TPSA) is 41.5 Å². The molecule has 0 bridgehead atoms. The Morgan fingerprint density at radius 2 is 2.17 bits per heavy atom. The first-order chi connectivity index (χ1) is 8.65. The molecule has 0 aromatic rings. The molecule has 104 valence electrons. The van der Waals surface area contributed by atoms with Crippen molar-refractivity contribution in [1.82, 2.24) is 5.32 Å². The lowest BCUT2D eigenvalue weighted by Gasteiger charge is -2.63. The molecule has 1 heterocycles. The second kappa shape index (κ2) is 4.77. The molecule has 3 nitrogen and oxygen atoms in total. The van der Waals surface area contributed by atoms with Crippen LogP contribution in [0, 0.1) is 17.3 Å². The van der Waals surface area contributed by atoms with Gasteiger partial charge in [-0.2, -0.15) is 0 Å². The Morgan fingerprint density at radius 3 is 2.78 bits per heavy atom. The lowest BCUT2D eigenvalue weighted by Crippen LogP contribution is -2.71. The molecule has 0 aromatic carbocycles. The summed E-state index contributed by atoms with van der Waals surface area (Å²) in [5.74, 6) is 1.12. The molecule has 0 radical (unpaired) electrons. The average Bonchev–Trinajstić information content (AvgIpc) is 2.67. The average molecular weight is 253 g/mol. The van der Waals surface area contributed by atoms with Crippen molar-refractivity contribution in [3.8, 4) is 0 Å². The van der Waals surface area contributed by atoms with Gasteiger partial charge in [0.2, 0.25) is 0 Å². The van der Waals surface area contributed by atoms with Gasteiger partial charge in [0.25, 0.3) is 0 Å². The van der Waals surface area contributed by atoms with E-state index in [0.717, 1.165) is 25.5 Å². The van der Waals surface area contributed by atoms with Gasteiger partial charge < -0.3 is 15.2 Å². The lowest BCUT2D eigenvalue weighted by molar-refractivity contribution is -0.176. The first kappa shape index (κ1) is 12.9. The zero-order valence-corrected chi connectivity index (χ0v) is 11.7. The normalized spacial score (nSPS) is 38.3. The van der Waals surface area contributed by atoms with E-state index in [0.29, 0.717) is 23.5 Å². The maximum atomic E-state index is 9.85. The van der Waals surface area contributed by atoms with E-state index in [1.165, 1.54) is 25.7 Å². The highest BCUT2D eigenvalue weighted by atomic mass is 16.5. The summed E-state index contributed by atoms with van der Waals surface area (Å²) in [6, 6.07) is 0.665. The van der Waals surface area contributed by atoms with Crippen LogP contribution in [0.2, 0.25) is 0 Å². The van der Waals surface area contributed by atoms with Crippen molar-refractivity contribution in [3.05, 3.63) is 0 Å². The first-order valence-corrected chi connectivity index (χ1v) is 7.68. The Balaban J connectivity index is 1.50. The number of fused-ring (bicyclic) bond motifs is 2. The molecule has 3 heteroatoms. The standard InChI is InChI=1S/C15H27NO2/c1-10(2)12(17)4-8-16-13-11-5-9-18-14(11)15(13)6-3-7-15/h10-14,16-17H,3-9H2,1-2H3. The van der Waals surface area contributed by atoms with E-state index < -0.39 is 0 Å². The van der Waals surface area contributed by atoms with E-state index >= 15 is 0 Å². The van der Waals surface area contributed by atoms with Crippen molar-refractivity contribution in [2.75, 3.05) is 13.2 Å². The fourth-order valence-electron chi connectivity index (χ4n) is 4.28. The van der Waals surface area contributed by atoms with Gasteiger partial charge in [0.15, 0.2) is 0 Å². The summed E-state index contributed by atoms with van der Waals surface area (Å²) < 4.78 is 5.92. The van der Waals surface area contributed by atoms with Crippen molar-refractivity contribution in [3.63, 3.8) is 0 Å². The number of ether oxygens (including phenoxy) is 1. The third-order valence-electron chi connectivity index (χ3n) is 5.61. The van der Waals surface area contributed by atoms with Gasteiger partial charge >= 0.3 is 0 Å². The van der Waals surface area contributed by atoms with Crippen LogP contribution in [0.15, 0.2) is 0 Å². The maximum Gasteiger partial charge on any atom is 0.0690 e. The molecule has 0 amide bonds. The van der Waals surface area contributed by atoms with Crippen LogP contribution in [0.5, 0.6) is 0 Å². The molecule has 4 unspecified atom stereocenters. The van der Waals surface area contributed by atoms with Crippen molar-refractivity contribution < 1.29 is 9.84 Å². The van der Waals surface area contributed by atoms with Crippen LogP contribution < -0.4 is 5.32 Å². The SMILES string of the molecule is CC(C)C(O)CCNC1C2CCOC2C12CCC2. The predicted octanol–water partition coefficient (Wildman–Crippen LogP) is 1.94. The van der Waals surface area contributed by atoms with Crippen LogP contribution >= 0.6 is 0 Å². The second-order valence-corrected chi connectivity index (χ2v) is 6.86. The number of aliphatic hydroxyl groups is 1. The Labute approximate surface area is 110 Å². The van der Waals surface area contributed by atoms with Crippen molar-refractivity contribution >= 4 is 0 Å². The summed E-state index contributed by atoms with van der Waals surface area (Å²) >= 11 is 0. The van der Waals surface area contributed by atoms with Crippen molar-refractivity contribution in [2.24, 2.45) is 17.3 Å². The molecular weight excluding hydrogens is 226 g/mol. The number of aliphatic hydroxyl groups excluding tert-OH is 1. The van der Waals surface area contributed by atoms with Gasteiger partial charge in [-0.05, 0) is 38.1 Å². The highest BCUT2D eigenvalue weighted by Crippen LogP contribution is 2.62. The van der Waals surface area contributed by atoms with Crippen LogP contribution in [0.3, 0.4) is 0 Å². The van der Waals surface area contributed by atoms with Crippen LogP contribution in [0.1, 0.15) is 46.0 Å². The molecule has 0 aromatic heterocycles. The van der Waals surface area contributed by atoms with Crippen LogP contribution in [-0.2, 0) is 4.74 Å². The molecule has 4 atom stereocenters. The summed E-state index contributed by atoms with van der Waals surface area (Å²) in [4.78, 5) is 0. The molecular formula is C15H27NO2. The zero-order chi connectivity index (χ0) is 12.8. The predicted molar refractivity (Wildman–Crippen MR) is 71.4 cm³/mol. The van der Waals surface area contributed by atoms with E-state index in [1.807, 2.05) is 0 Å². The smallest absolute Gasteiger partial charge is 0.0690 e. The number of hydrogen-bond acceptors (Lipinski definition) is 3. The second-order valence-electron chi connectivity index (χ2n) is 6.86. The van der Waals surface area contributed by atoms with E-state index in [4.69, 9.17) is 4.74 Å². The molecule has 2 aliphatic carbocycles. The molecule has 18 heavy (non-hydrogen) atoms. The molecule has 3 fully saturated rings. The van der Waals surface area contributed by atoms with Gasteiger partial charge in [0, 0.05) is 24.0 Å². The summed E-state index contributed by atoms with van der Waals surface area (Å²) in [6.45, 7) is 6.09. The highest BCUT2D eigenvalue weighted by molar-refractivity contribution is 5.18. The van der Waals surface area contributed by atoms with E-state index in [9.17, 15) is 5.11 Å². The van der Waals surface area contributed by atoms with Crippen LogP contribution in [0.25, 0.3) is 0 Å². The van der Waals surface area contributed by atoms with Gasteiger partial charge in [0.1, 0.15) is 0 Å². The number of rotatable bonds is 5. The molecule has 3 aliphatic rings. The van der Waals surface area contributed by atoms with Gasteiger partial charge in [-0.25, -0.2) is 0 Å². The van der Waals surface area contributed by atoms with E-state index in [-0.39, 0.29) is 6.10 Å². The first-order valence-electron chi connectivity index (χ1n) is 7.68. The third-order valence-corrected chi connectivity index (χ3v) is 5.61. The summed E-state index contributed by atoms with van der Waals surface area (Å²) in [7, 11) is 0. The summed E-state index contributed by atoms with van der Waals surface area (Å²) in [6.07, 6.45) is 6.57. The quantitative estimate of drug-likeness (QED) is 0.787. The number of nitrogens with one attached hydrogen (secondary N) is 1. The van der Waals surface area contributed by atoms with Gasteiger partial charge in [-0.15, -0.1) is 0 Å². The summed E-state index contributed by atoms with van der Waals surface area (Å²) in [5, 5.41) is 13.6. The zero-order valence-electron chi connectivity index (χ0n) is 11.7. The minimum atomic E-state index is -0.162. The maximum absolute atomic E-state index is 9.85. The van der Waals surface area contributed by atoms with Gasteiger partial charge in [-0.1, -0.05) is 20.3 Å². The molecule has 3 rings (SSSR count). The highest BCUT2D eigenvalue weighted by Gasteiger charge is 2.66. The largest absolute Gasteiger partial charge is 0.393 e. The minimum absolute atomic E-state index is 0.162. The molecule has 1 saturated heterocycles.